The lowest BCUT2D eigenvalue weighted by atomic mass is 9.97. The van der Waals surface area contributed by atoms with Gasteiger partial charge in [-0.3, -0.25) is 4.98 Å². The largest absolute Gasteiger partial charge is 0.369 e. The first-order chi connectivity index (χ1) is 8.33. The first-order valence-electron chi connectivity index (χ1n) is 6.74. The van der Waals surface area contributed by atoms with Crippen LogP contribution in [-0.4, -0.2) is 30.7 Å². The summed E-state index contributed by atoms with van der Waals surface area (Å²) in [4.78, 5) is 6.90. The van der Waals surface area contributed by atoms with Crippen LogP contribution in [0.5, 0.6) is 0 Å². The molecule has 0 aromatic carbocycles. The number of nitrogens with one attached hydrogen (secondary N) is 1. The first kappa shape index (κ1) is 11.0. The average molecular weight is 231 g/mol. The van der Waals surface area contributed by atoms with E-state index in [0.29, 0.717) is 6.04 Å². The normalized spacial score (nSPS) is 28.9. The van der Waals surface area contributed by atoms with Gasteiger partial charge in [0.25, 0.3) is 0 Å². The van der Waals surface area contributed by atoms with Crippen molar-refractivity contribution in [1.82, 2.24) is 10.3 Å². The number of aromatic nitrogens is 1. The van der Waals surface area contributed by atoms with Crippen LogP contribution >= 0.6 is 0 Å². The first-order valence-corrected chi connectivity index (χ1v) is 6.74. The standard InChI is InChI=1S/C14H21N3/c1-11-4-5-13(9-16-11)17-8-2-3-12-6-7-15-14(12)10-17/h4-5,9,12,14-15H,2-3,6-8,10H2,1H3. The summed E-state index contributed by atoms with van der Waals surface area (Å²) in [5.74, 6) is 0.901. The van der Waals surface area contributed by atoms with Gasteiger partial charge in [0, 0.05) is 24.8 Å². The Morgan fingerprint density at radius 1 is 1.35 bits per heavy atom. The van der Waals surface area contributed by atoms with Gasteiger partial charge in [0.1, 0.15) is 0 Å². The molecule has 0 saturated carbocycles. The molecule has 2 fully saturated rings. The highest BCUT2D eigenvalue weighted by Gasteiger charge is 2.30. The highest BCUT2D eigenvalue weighted by atomic mass is 15.2. The van der Waals surface area contributed by atoms with Crippen LogP contribution in [0.25, 0.3) is 0 Å². The van der Waals surface area contributed by atoms with Gasteiger partial charge in [-0.1, -0.05) is 0 Å². The van der Waals surface area contributed by atoms with Crippen LogP contribution in [0.3, 0.4) is 0 Å². The van der Waals surface area contributed by atoms with Crippen LogP contribution in [0.4, 0.5) is 5.69 Å². The molecule has 2 atom stereocenters. The lowest BCUT2D eigenvalue weighted by molar-refractivity contribution is 0.445. The van der Waals surface area contributed by atoms with Gasteiger partial charge in [0.15, 0.2) is 0 Å². The predicted octanol–water partition coefficient (Wildman–Crippen LogP) is 1.97. The molecule has 3 heteroatoms. The highest BCUT2D eigenvalue weighted by Crippen LogP contribution is 2.27. The summed E-state index contributed by atoms with van der Waals surface area (Å²) in [6, 6.07) is 5.01. The monoisotopic (exact) mass is 231 g/mol. The van der Waals surface area contributed by atoms with E-state index in [1.165, 1.54) is 38.0 Å². The zero-order valence-electron chi connectivity index (χ0n) is 10.5. The summed E-state index contributed by atoms with van der Waals surface area (Å²) in [5, 5.41) is 3.65. The Balaban J connectivity index is 1.76. The van der Waals surface area contributed by atoms with E-state index in [9.17, 15) is 0 Å². The molecule has 2 aliphatic heterocycles. The number of anilines is 1. The van der Waals surface area contributed by atoms with E-state index in [2.05, 4.69) is 27.3 Å². The van der Waals surface area contributed by atoms with Crippen LogP contribution in [0.2, 0.25) is 0 Å². The molecule has 2 aliphatic rings. The van der Waals surface area contributed by atoms with Gasteiger partial charge in [-0.15, -0.1) is 0 Å². The quantitative estimate of drug-likeness (QED) is 0.801. The van der Waals surface area contributed by atoms with Crippen molar-refractivity contribution in [3.8, 4) is 0 Å². The molecule has 0 amide bonds. The van der Waals surface area contributed by atoms with Gasteiger partial charge >= 0.3 is 0 Å². The molecule has 0 aliphatic carbocycles. The van der Waals surface area contributed by atoms with Crippen molar-refractivity contribution in [1.29, 1.82) is 0 Å². The third kappa shape index (κ3) is 2.29. The summed E-state index contributed by atoms with van der Waals surface area (Å²) in [6.07, 6.45) is 6.08. The molecular weight excluding hydrogens is 210 g/mol. The Labute approximate surface area is 103 Å². The third-order valence-corrected chi connectivity index (χ3v) is 4.17. The average Bonchev–Trinajstić information content (AvgIpc) is 2.68. The van der Waals surface area contributed by atoms with E-state index in [-0.39, 0.29) is 0 Å². The summed E-state index contributed by atoms with van der Waals surface area (Å²) in [7, 11) is 0. The molecule has 3 heterocycles. The number of rotatable bonds is 1. The van der Waals surface area contributed by atoms with Crippen molar-refractivity contribution in [2.24, 2.45) is 5.92 Å². The lowest BCUT2D eigenvalue weighted by Gasteiger charge is -2.26. The van der Waals surface area contributed by atoms with Gasteiger partial charge in [0.2, 0.25) is 0 Å². The second-order valence-corrected chi connectivity index (χ2v) is 5.36. The van der Waals surface area contributed by atoms with Crippen LogP contribution in [-0.2, 0) is 0 Å². The molecule has 1 N–H and O–H groups in total. The minimum Gasteiger partial charge on any atom is -0.369 e. The van der Waals surface area contributed by atoms with E-state index >= 15 is 0 Å². The number of aryl methyl sites for hydroxylation is 1. The summed E-state index contributed by atoms with van der Waals surface area (Å²) >= 11 is 0. The predicted molar refractivity (Wildman–Crippen MR) is 70.3 cm³/mol. The minimum absolute atomic E-state index is 0.693. The van der Waals surface area contributed by atoms with Gasteiger partial charge in [-0.05, 0) is 50.8 Å². The minimum atomic E-state index is 0.693. The van der Waals surface area contributed by atoms with Gasteiger partial charge in [0.05, 0.1) is 11.9 Å². The molecule has 92 valence electrons. The van der Waals surface area contributed by atoms with E-state index in [1.54, 1.807) is 0 Å². The molecule has 3 nitrogen and oxygen atoms in total. The second-order valence-electron chi connectivity index (χ2n) is 5.36. The smallest absolute Gasteiger partial charge is 0.0553 e. The third-order valence-electron chi connectivity index (χ3n) is 4.17. The summed E-state index contributed by atoms with van der Waals surface area (Å²) in [6.45, 7) is 5.57. The SMILES string of the molecule is Cc1ccc(N2CCCC3CCNC3C2)cn1. The highest BCUT2D eigenvalue weighted by molar-refractivity contribution is 5.45. The van der Waals surface area contributed by atoms with Crippen LogP contribution < -0.4 is 10.2 Å². The molecule has 0 radical (unpaired) electrons. The van der Waals surface area contributed by atoms with Crippen molar-refractivity contribution in [2.75, 3.05) is 24.5 Å². The number of hydrogen-bond donors (Lipinski definition) is 1. The molecule has 3 rings (SSSR count). The fourth-order valence-corrected chi connectivity index (χ4v) is 3.14. The molecule has 1 aromatic rings. The molecule has 17 heavy (non-hydrogen) atoms. The summed E-state index contributed by atoms with van der Waals surface area (Å²) < 4.78 is 0. The molecule has 2 saturated heterocycles. The fourth-order valence-electron chi connectivity index (χ4n) is 3.14. The Morgan fingerprint density at radius 3 is 3.12 bits per heavy atom. The number of hydrogen-bond acceptors (Lipinski definition) is 3. The van der Waals surface area contributed by atoms with E-state index < -0.39 is 0 Å². The maximum absolute atomic E-state index is 4.41. The Morgan fingerprint density at radius 2 is 2.29 bits per heavy atom. The van der Waals surface area contributed by atoms with Crippen LogP contribution in [0, 0.1) is 12.8 Å². The van der Waals surface area contributed by atoms with Gasteiger partial charge in [-0.25, -0.2) is 0 Å². The molecule has 1 aromatic heterocycles. The number of pyridine rings is 1. The second kappa shape index (κ2) is 4.65. The molecular formula is C14H21N3. The zero-order valence-corrected chi connectivity index (χ0v) is 10.5. The van der Waals surface area contributed by atoms with Crippen molar-refractivity contribution in [3.05, 3.63) is 24.0 Å². The summed E-state index contributed by atoms with van der Waals surface area (Å²) in [5.41, 5.74) is 2.38. The van der Waals surface area contributed by atoms with Crippen molar-refractivity contribution in [3.63, 3.8) is 0 Å². The van der Waals surface area contributed by atoms with Crippen molar-refractivity contribution < 1.29 is 0 Å². The zero-order chi connectivity index (χ0) is 11.7. The molecule has 0 spiro atoms. The molecule has 0 bridgehead atoms. The fraction of sp³-hybridized carbons (Fsp3) is 0.643. The number of fused-ring (bicyclic) bond motifs is 1. The Kier molecular flexibility index (Phi) is 3.02. The molecule has 2 unspecified atom stereocenters. The van der Waals surface area contributed by atoms with Crippen LogP contribution in [0.15, 0.2) is 18.3 Å². The maximum atomic E-state index is 4.41. The van der Waals surface area contributed by atoms with Crippen molar-refractivity contribution in [2.45, 2.75) is 32.2 Å². The van der Waals surface area contributed by atoms with E-state index in [4.69, 9.17) is 0 Å². The lowest BCUT2D eigenvalue weighted by Crippen LogP contribution is -2.38. The topological polar surface area (TPSA) is 28.2 Å². The maximum Gasteiger partial charge on any atom is 0.0553 e. The Bertz CT molecular complexity index is 374. The van der Waals surface area contributed by atoms with E-state index in [0.717, 1.165) is 18.2 Å². The number of nitrogens with zero attached hydrogens (tertiary/aromatic N) is 2. The van der Waals surface area contributed by atoms with Gasteiger partial charge in [-0.2, -0.15) is 0 Å². The van der Waals surface area contributed by atoms with Gasteiger partial charge < -0.3 is 10.2 Å². The van der Waals surface area contributed by atoms with E-state index in [1.807, 2.05) is 13.1 Å². The van der Waals surface area contributed by atoms with Crippen LogP contribution in [0.1, 0.15) is 25.0 Å². The van der Waals surface area contributed by atoms with Crippen molar-refractivity contribution >= 4 is 5.69 Å². The Hall–Kier alpha value is -1.09.